The molecule has 10 aromatic rings. The normalized spacial score (nSPS) is 12.9. The van der Waals surface area contributed by atoms with Gasteiger partial charge in [-0.3, -0.25) is 0 Å². The molecule has 0 saturated heterocycles. The van der Waals surface area contributed by atoms with Crippen molar-refractivity contribution in [2.75, 3.05) is 0 Å². The molecular weight excluding hydrogens is 735 g/mol. The van der Waals surface area contributed by atoms with Gasteiger partial charge in [0, 0.05) is 44.3 Å². The first-order valence-electron chi connectivity index (χ1n) is 20.1. The van der Waals surface area contributed by atoms with Gasteiger partial charge in [-0.2, -0.15) is 0 Å². The Labute approximate surface area is 346 Å². The van der Waals surface area contributed by atoms with E-state index in [0.717, 1.165) is 89.3 Å². The molecule has 6 heteroatoms. The van der Waals surface area contributed by atoms with Crippen LogP contribution in [0.4, 0.5) is 0 Å². The van der Waals surface area contributed by atoms with E-state index in [9.17, 15) is 0 Å². The van der Waals surface area contributed by atoms with Crippen LogP contribution in [0.2, 0.25) is 0 Å². The molecule has 1 aliphatic heterocycles. The fourth-order valence-electron chi connectivity index (χ4n) is 9.14. The van der Waals surface area contributed by atoms with Gasteiger partial charge in [0.05, 0.1) is 16.6 Å². The highest BCUT2D eigenvalue weighted by Gasteiger charge is 2.51. The molecule has 0 bridgehead atoms. The van der Waals surface area contributed by atoms with Crippen LogP contribution in [0.5, 0.6) is 11.5 Å². The average Bonchev–Trinajstić information content (AvgIpc) is 3.61. The lowest BCUT2D eigenvalue weighted by molar-refractivity contribution is 0.436. The molecule has 0 amide bonds. The van der Waals surface area contributed by atoms with Gasteiger partial charge in [-0.15, -0.1) is 0 Å². The van der Waals surface area contributed by atoms with Gasteiger partial charge in [-0.05, 0) is 52.6 Å². The minimum Gasteiger partial charge on any atom is -0.457 e. The van der Waals surface area contributed by atoms with E-state index in [1.54, 1.807) is 0 Å². The SMILES string of the molecule is c1ccc(-c2nc(-c3ccccc3)nc(-c3ccc4c(c3)-c3ccc(-c5nc(-c6ccccc6)c6ccccc6n5)cc3C43c4ccccc4Oc4ccccc43)n2)cc1. The van der Waals surface area contributed by atoms with Crippen LogP contribution in [0.25, 0.3) is 78.8 Å². The molecule has 0 radical (unpaired) electrons. The zero-order chi connectivity index (χ0) is 39.6. The van der Waals surface area contributed by atoms with Crippen molar-refractivity contribution in [2.45, 2.75) is 5.41 Å². The number of para-hydroxylation sites is 3. The molecule has 0 atom stereocenters. The van der Waals surface area contributed by atoms with E-state index >= 15 is 0 Å². The summed E-state index contributed by atoms with van der Waals surface area (Å²) in [5.41, 5.74) is 12.5. The summed E-state index contributed by atoms with van der Waals surface area (Å²) in [6.45, 7) is 0. The second kappa shape index (κ2) is 13.5. The highest BCUT2D eigenvalue weighted by Crippen LogP contribution is 2.62. The molecule has 8 aromatic carbocycles. The highest BCUT2D eigenvalue weighted by atomic mass is 16.5. The Bertz CT molecular complexity index is 3190. The van der Waals surface area contributed by atoms with Crippen LogP contribution >= 0.6 is 0 Å². The quantitative estimate of drug-likeness (QED) is 0.174. The van der Waals surface area contributed by atoms with Gasteiger partial charge in [0.25, 0.3) is 0 Å². The van der Waals surface area contributed by atoms with Gasteiger partial charge < -0.3 is 4.74 Å². The Morgan fingerprint density at radius 1 is 0.317 bits per heavy atom. The van der Waals surface area contributed by atoms with Crippen molar-refractivity contribution in [3.8, 4) is 79.4 Å². The lowest BCUT2D eigenvalue weighted by Crippen LogP contribution is -2.32. The van der Waals surface area contributed by atoms with Crippen LogP contribution in [0.15, 0.2) is 200 Å². The van der Waals surface area contributed by atoms with Crippen LogP contribution in [0.3, 0.4) is 0 Å². The maximum atomic E-state index is 6.67. The first-order chi connectivity index (χ1) is 29.7. The van der Waals surface area contributed by atoms with Crippen LogP contribution in [-0.2, 0) is 5.41 Å². The van der Waals surface area contributed by atoms with Gasteiger partial charge in [-0.1, -0.05) is 170 Å². The number of rotatable bonds is 5. The van der Waals surface area contributed by atoms with Crippen molar-refractivity contribution >= 4 is 10.9 Å². The molecule has 0 fully saturated rings. The first kappa shape index (κ1) is 34.0. The number of benzene rings is 8. The Morgan fingerprint density at radius 3 is 1.47 bits per heavy atom. The smallest absolute Gasteiger partial charge is 0.164 e. The van der Waals surface area contributed by atoms with Crippen LogP contribution in [0, 0.1) is 0 Å². The van der Waals surface area contributed by atoms with Crippen molar-refractivity contribution in [3.63, 3.8) is 0 Å². The summed E-state index contributed by atoms with van der Waals surface area (Å²) in [5.74, 6) is 4.18. The predicted octanol–water partition coefficient (Wildman–Crippen LogP) is 12.6. The first-order valence-corrected chi connectivity index (χ1v) is 20.1. The van der Waals surface area contributed by atoms with E-state index in [0.29, 0.717) is 23.3 Å². The molecule has 3 heterocycles. The lowest BCUT2D eigenvalue weighted by atomic mass is 9.66. The third-order valence-corrected chi connectivity index (χ3v) is 11.8. The summed E-state index contributed by atoms with van der Waals surface area (Å²) in [4.78, 5) is 25.7. The van der Waals surface area contributed by atoms with Crippen LogP contribution in [-0.4, -0.2) is 24.9 Å². The highest BCUT2D eigenvalue weighted by molar-refractivity contribution is 5.95. The molecule has 1 spiro atoms. The maximum absolute atomic E-state index is 6.67. The van der Waals surface area contributed by atoms with Gasteiger partial charge in [0.2, 0.25) is 0 Å². The van der Waals surface area contributed by atoms with Gasteiger partial charge in [-0.25, -0.2) is 24.9 Å². The summed E-state index contributed by atoms with van der Waals surface area (Å²) < 4.78 is 6.67. The molecule has 0 N–H and O–H groups in total. The number of nitrogens with zero attached hydrogens (tertiary/aromatic N) is 5. The monoisotopic (exact) mass is 767 g/mol. The summed E-state index contributed by atoms with van der Waals surface area (Å²) in [6.07, 6.45) is 0. The second-order valence-corrected chi connectivity index (χ2v) is 15.2. The second-order valence-electron chi connectivity index (χ2n) is 15.2. The Hall–Kier alpha value is -8.09. The summed E-state index contributed by atoms with van der Waals surface area (Å²) in [5, 5.41) is 1.02. The van der Waals surface area contributed by atoms with Gasteiger partial charge in [0.15, 0.2) is 23.3 Å². The molecule has 0 unspecified atom stereocenters. The topological polar surface area (TPSA) is 73.7 Å². The lowest BCUT2D eigenvalue weighted by Gasteiger charge is -2.39. The minimum absolute atomic E-state index is 0.607. The molecule has 12 rings (SSSR count). The fourth-order valence-corrected chi connectivity index (χ4v) is 9.14. The number of hydrogen-bond acceptors (Lipinski definition) is 6. The Balaban J connectivity index is 1.11. The zero-order valence-electron chi connectivity index (χ0n) is 32.2. The summed E-state index contributed by atoms with van der Waals surface area (Å²) in [6, 6.07) is 69.0. The maximum Gasteiger partial charge on any atom is 0.164 e. The molecule has 280 valence electrons. The largest absolute Gasteiger partial charge is 0.457 e. The molecule has 2 aromatic heterocycles. The number of ether oxygens (including phenoxy) is 1. The van der Waals surface area contributed by atoms with E-state index in [1.165, 1.54) is 0 Å². The van der Waals surface area contributed by atoms with Crippen molar-refractivity contribution in [1.82, 2.24) is 24.9 Å². The van der Waals surface area contributed by atoms with E-state index in [2.05, 4.69) is 109 Å². The van der Waals surface area contributed by atoms with Crippen LogP contribution < -0.4 is 4.74 Å². The molecule has 6 nitrogen and oxygen atoms in total. The van der Waals surface area contributed by atoms with Crippen LogP contribution in [0.1, 0.15) is 22.3 Å². The Morgan fingerprint density at radius 2 is 0.817 bits per heavy atom. The summed E-state index contributed by atoms with van der Waals surface area (Å²) in [7, 11) is 0. The number of fused-ring (bicyclic) bond motifs is 10. The average molecular weight is 768 g/mol. The van der Waals surface area contributed by atoms with Crippen molar-refractivity contribution in [2.24, 2.45) is 0 Å². The summed E-state index contributed by atoms with van der Waals surface area (Å²) >= 11 is 0. The minimum atomic E-state index is -0.701. The van der Waals surface area contributed by atoms with Gasteiger partial charge >= 0.3 is 0 Å². The van der Waals surface area contributed by atoms with Crippen molar-refractivity contribution in [3.05, 3.63) is 222 Å². The molecule has 60 heavy (non-hydrogen) atoms. The van der Waals surface area contributed by atoms with Crippen molar-refractivity contribution < 1.29 is 4.74 Å². The molecule has 1 aliphatic carbocycles. The van der Waals surface area contributed by atoms with E-state index in [1.807, 2.05) is 91.0 Å². The Kier molecular flexibility index (Phi) is 7.65. The number of hydrogen-bond donors (Lipinski definition) is 0. The molecular formula is C54H33N5O. The van der Waals surface area contributed by atoms with Gasteiger partial charge in [0.1, 0.15) is 11.5 Å². The number of aromatic nitrogens is 5. The predicted molar refractivity (Wildman–Crippen MR) is 237 cm³/mol. The zero-order valence-corrected chi connectivity index (χ0v) is 32.2. The molecule has 2 aliphatic rings. The third-order valence-electron chi connectivity index (χ3n) is 11.8. The fraction of sp³-hybridized carbons (Fsp3) is 0.0185. The third kappa shape index (κ3) is 5.24. The van der Waals surface area contributed by atoms with Crippen molar-refractivity contribution in [1.29, 1.82) is 0 Å². The van der Waals surface area contributed by atoms with E-state index in [-0.39, 0.29) is 0 Å². The van der Waals surface area contributed by atoms with E-state index in [4.69, 9.17) is 29.7 Å². The van der Waals surface area contributed by atoms with E-state index < -0.39 is 5.41 Å². The standard InChI is InChI=1S/C54H33N5O/c1-4-16-34(17-5-1)49-40-22-10-13-25-46(40)55-52(56-49)38-28-30-39-41-32-37(53-58-50(35-18-6-2-7-19-35)57-51(59-53)36-20-8-3-9-21-36)29-31-42(41)54(45(39)33-38)43-23-11-14-26-47(43)60-48-27-15-12-24-44(48)54/h1-33H. The molecule has 0 saturated carbocycles.